The second-order valence-corrected chi connectivity index (χ2v) is 8.30. The van der Waals surface area contributed by atoms with Gasteiger partial charge in [-0.15, -0.1) is 10.2 Å². The van der Waals surface area contributed by atoms with Gasteiger partial charge >= 0.3 is 0 Å². The Bertz CT molecular complexity index is 1230. The summed E-state index contributed by atoms with van der Waals surface area (Å²) < 4.78 is 8.80. The topological polar surface area (TPSA) is 86.9 Å². The van der Waals surface area contributed by atoms with E-state index in [2.05, 4.69) is 51.8 Å². The van der Waals surface area contributed by atoms with Crippen LogP contribution in [0.5, 0.6) is 5.75 Å². The normalized spacial score (nSPS) is 10.9. The number of thioether (sulfide) groups is 1. The summed E-state index contributed by atoms with van der Waals surface area (Å²) in [6, 6.07) is 15.4. The van der Waals surface area contributed by atoms with Crippen LogP contribution in [0.15, 0.2) is 59.9 Å². The average Bonchev–Trinajstić information content (AvgIpc) is 3.35. The fraction of sp³-hybridized carbons (Fsp3) is 0.217. The third-order valence-corrected chi connectivity index (χ3v) is 5.96. The van der Waals surface area contributed by atoms with Crippen molar-refractivity contribution in [2.75, 3.05) is 18.2 Å². The lowest BCUT2D eigenvalue weighted by molar-refractivity contribution is -0.113. The van der Waals surface area contributed by atoms with Gasteiger partial charge in [0.15, 0.2) is 11.0 Å². The van der Waals surface area contributed by atoms with Gasteiger partial charge in [-0.1, -0.05) is 41.6 Å². The molecule has 9 heteroatoms. The van der Waals surface area contributed by atoms with Crippen molar-refractivity contribution in [1.29, 1.82) is 0 Å². The van der Waals surface area contributed by atoms with Crippen molar-refractivity contribution >= 4 is 23.4 Å². The summed E-state index contributed by atoms with van der Waals surface area (Å²) in [6.45, 7) is 2.06. The number of ether oxygens (including phenoxy) is 1. The molecular formula is C23H24N6O2S. The van der Waals surface area contributed by atoms with Gasteiger partial charge in [0.25, 0.3) is 0 Å². The standard InChI is InChI=1S/C23H24N6O2S/c1-15-5-7-16(8-6-15)21-19(13-28(2)27-21)22-25-26-23(29(22)3)32-14-20(30)24-17-9-11-18(31-4)12-10-17/h5-13H,14H2,1-4H3,(H,24,30). The SMILES string of the molecule is COc1ccc(NC(=O)CSc2nnc(-c3cn(C)nc3-c3ccc(C)cc3)n2C)cc1. The summed E-state index contributed by atoms with van der Waals surface area (Å²) in [7, 11) is 5.39. The van der Waals surface area contributed by atoms with Gasteiger partial charge in [-0.25, -0.2) is 0 Å². The molecule has 2 aromatic heterocycles. The minimum Gasteiger partial charge on any atom is -0.497 e. The second kappa shape index (κ2) is 9.27. The van der Waals surface area contributed by atoms with E-state index in [1.807, 2.05) is 24.9 Å². The number of nitrogens with one attached hydrogen (secondary N) is 1. The number of benzene rings is 2. The largest absolute Gasteiger partial charge is 0.497 e. The number of methoxy groups -OCH3 is 1. The number of nitrogens with zero attached hydrogens (tertiary/aromatic N) is 5. The van der Waals surface area contributed by atoms with Crippen molar-refractivity contribution < 1.29 is 9.53 Å². The fourth-order valence-corrected chi connectivity index (χ4v) is 3.96. The maximum Gasteiger partial charge on any atom is 0.234 e. The number of anilines is 1. The van der Waals surface area contributed by atoms with Crippen molar-refractivity contribution in [3.05, 3.63) is 60.3 Å². The Hall–Kier alpha value is -3.59. The number of aryl methyl sites for hydroxylation is 2. The van der Waals surface area contributed by atoms with Crippen LogP contribution in [0.3, 0.4) is 0 Å². The number of carbonyl (C=O) groups is 1. The van der Waals surface area contributed by atoms with Crippen LogP contribution in [0.2, 0.25) is 0 Å². The predicted octanol–water partition coefficient (Wildman–Crippen LogP) is 3.93. The minimum absolute atomic E-state index is 0.119. The number of hydrogen-bond acceptors (Lipinski definition) is 6. The summed E-state index contributed by atoms with van der Waals surface area (Å²) in [6.07, 6.45) is 1.93. The van der Waals surface area contributed by atoms with E-state index in [1.165, 1.54) is 17.3 Å². The lowest BCUT2D eigenvalue weighted by Gasteiger charge is -2.07. The summed E-state index contributed by atoms with van der Waals surface area (Å²) in [4.78, 5) is 12.4. The summed E-state index contributed by atoms with van der Waals surface area (Å²) >= 11 is 1.33. The molecule has 0 unspecified atom stereocenters. The lowest BCUT2D eigenvalue weighted by atomic mass is 10.1. The summed E-state index contributed by atoms with van der Waals surface area (Å²) in [5, 5.41) is 16.8. The van der Waals surface area contributed by atoms with Crippen molar-refractivity contribution in [2.45, 2.75) is 12.1 Å². The van der Waals surface area contributed by atoms with Gasteiger partial charge in [-0.05, 0) is 31.2 Å². The molecule has 0 bridgehead atoms. The Morgan fingerprint density at radius 3 is 2.47 bits per heavy atom. The van der Waals surface area contributed by atoms with Crippen molar-refractivity contribution in [3.63, 3.8) is 0 Å². The zero-order valence-corrected chi connectivity index (χ0v) is 19.2. The Labute approximate surface area is 190 Å². The van der Waals surface area contributed by atoms with Crippen LogP contribution in [-0.4, -0.2) is 43.3 Å². The first-order valence-electron chi connectivity index (χ1n) is 10.0. The summed E-state index contributed by atoms with van der Waals surface area (Å²) in [5.74, 6) is 1.54. The Morgan fingerprint density at radius 1 is 1.06 bits per heavy atom. The smallest absolute Gasteiger partial charge is 0.234 e. The van der Waals surface area contributed by atoms with Crippen LogP contribution in [0.1, 0.15) is 5.56 Å². The third kappa shape index (κ3) is 4.67. The van der Waals surface area contributed by atoms with Gasteiger partial charge in [-0.2, -0.15) is 5.10 Å². The van der Waals surface area contributed by atoms with E-state index in [-0.39, 0.29) is 11.7 Å². The van der Waals surface area contributed by atoms with E-state index in [0.717, 1.165) is 22.6 Å². The van der Waals surface area contributed by atoms with Crippen LogP contribution in [-0.2, 0) is 18.9 Å². The highest BCUT2D eigenvalue weighted by molar-refractivity contribution is 7.99. The molecule has 4 aromatic rings. The molecule has 0 aliphatic carbocycles. The number of carbonyl (C=O) groups excluding carboxylic acids is 1. The molecule has 4 rings (SSSR count). The van der Waals surface area contributed by atoms with Crippen molar-refractivity contribution in [1.82, 2.24) is 24.5 Å². The maximum absolute atomic E-state index is 12.4. The Morgan fingerprint density at radius 2 is 1.78 bits per heavy atom. The molecule has 0 spiro atoms. The van der Waals surface area contributed by atoms with Gasteiger partial charge in [0.1, 0.15) is 11.4 Å². The second-order valence-electron chi connectivity index (χ2n) is 7.36. The third-order valence-electron chi connectivity index (χ3n) is 4.94. The first kappa shape index (κ1) is 21.6. The molecule has 0 atom stereocenters. The lowest BCUT2D eigenvalue weighted by Crippen LogP contribution is -2.14. The zero-order valence-electron chi connectivity index (χ0n) is 18.4. The molecule has 0 aliphatic rings. The molecule has 2 heterocycles. The molecule has 0 fully saturated rings. The molecule has 8 nitrogen and oxygen atoms in total. The van der Waals surface area contributed by atoms with E-state index in [9.17, 15) is 4.79 Å². The molecule has 0 saturated heterocycles. The van der Waals surface area contributed by atoms with Gasteiger partial charge in [0.2, 0.25) is 5.91 Å². The van der Waals surface area contributed by atoms with E-state index in [0.29, 0.717) is 16.7 Å². The van der Waals surface area contributed by atoms with E-state index < -0.39 is 0 Å². The van der Waals surface area contributed by atoms with Gasteiger partial charge in [-0.3, -0.25) is 9.48 Å². The molecule has 164 valence electrons. The highest BCUT2D eigenvalue weighted by Gasteiger charge is 2.19. The first-order valence-corrected chi connectivity index (χ1v) is 11.0. The highest BCUT2D eigenvalue weighted by Crippen LogP contribution is 2.31. The first-order chi connectivity index (χ1) is 15.4. The number of rotatable bonds is 7. The van der Waals surface area contributed by atoms with Crippen LogP contribution < -0.4 is 10.1 Å². The molecule has 0 saturated carbocycles. The molecule has 1 N–H and O–H groups in total. The van der Waals surface area contributed by atoms with Gasteiger partial charge < -0.3 is 14.6 Å². The van der Waals surface area contributed by atoms with E-state index in [1.54, 1.807) is 36.1 Å². The predicted molar refractivity (Wildman–Crippen MR) is 126 cm³/mol. The van der Waals surface area contributed by atoms with Crippen LogP contribution in [0, 0.1) is 6.92 Å². The maximum atomic E-state index is 12.4. The quantitative estimate of drug-likeness (QED) is 0.431. The molecule has 0 radical (unpaired) electrons. The highest BCUT2D eigenvalue weighted by atomic mass is 32.2. The minimum atomic E-state index is -0.119. The Balaban J connectivity index is 1.48. The van der Waals surface area contributed by atoms with E-state index >= 15 is 0 Å². The number of amides is 1. The van der Waals surface area contributed by atoms with Crippen molar-refractivity contribution in [2.24, 2.45) is 14.1 Å². The van der Waals surface area contributed by atoms with Gasteiger partial charge in [0.05, 0.1) is 18.4 Å². The van der Waals surface area contributed by atoms with Crippen LogP contribution in [0.4, 0.5) is 5.69 Å². The Kier molecular flexibility index (Phi) is 6.27. The number of aromatic nitrogens is 5. The molecule has 32 heavy (non-hydrogen) atoms. The van der Waals surface area contributed by atoms with Crippen LogP contribution >= 0.6 is 11.8 Å². The molecule has 2 aromatic carbocycles. The summed E-state index contributed by atoms with van der Waals surface area (Å²) in [5.41, 5.74) is 4.66. The molecule has 1 amide bonds. The number of hydrogen-bond donors (Lipinski definition) is 1. The van der Waals surface area contributed by atoms with Gasteiger partial charge in [0, 0.05) is 31.5 Å². The molecule has 0 aliphatic heterocycles. The fourth-order valence-electron chi connectivity index (χ4n) is 3.25. The van der Waals surface area contributed by atoms with Crippen molar-refractivity contribution in [3.8, 4) is 28.4 Å². The average molecular weight is 449 g/mol. The zero-order chi connectivity index (χ0) is 22.7. The van der Waals surface area contributed by atoms with Crippen LogP contribution in [0.25, 0.3) is 22.6 Å². The van der Waals surface area contributed by atoms with E-state index in [4.69, 9.17) is 4.74 Å². The monoisotopic (exact) mass is 448 g/mol. The molecular weight excluding hydrogens is 424 g/mol.